The highest BCUT2D eigenvalue weighted by Gasteiger charge is 2.13. The Morgan fingerprint density at radius 1 is 1.13 bits per heavy atom. The first-order valence-corrected chi connectivity index (χ1v) is 8.84. The van der Waals surface area contributed by atoms with Gasteiger partial charge >= 0.3 is 0 Å². The van der Waals surface area contributed by atoms with E-state index in [2.05, 4.69) is 27.8 Å². The molecule has 0 atom stereocenters. The van der Waals surface area contributed by atoms with Crippen LogP contribution in [0.3, 0.4) is 0 Å². The molecule has 4 aromatic rings. The maximum atomic E-state index is 12.8. The average molecular weight is 385 g/mol. The number of halogens is 1. The van der Waals surface area contributed by atoms with Gasteiger partial charge in [0.05, 0.1) is 15.6 Å². The fraction of sp³-hybridized carbons (Fsp3) is 0.111. The van der Waals surface area contributed by atoms with Gasteiger partial charge in [-0.25, -0.2) is 9.38 Å². The van der Waals surface area contributed by atoms with Crippen LogP contribution in [-0.2, 0) is 0 Å². The fourth-order valence-electron chi connectivity index (χ4n) is 2.68. The second-order valence-corrected chi connectivity index (χ2v) is 7.50. The van der Waals surface area contributed by atoms with Crippen molar-refractivity contribution in [3.63, 3.8) is 0 Å². The van der Waals surface area contributed by atoms with Crippen molar-refractivity contribution in [2.75, 3.05) is 0 Å². The van der Waals surface area contributed by atoms with Crippen LogP contribution in [0.1, 0.15) is 16.7 Å². The van der Waals surface area contributed by atoms with Gasteiger partial charge in [-0.05, 0) is 54.8 Å². The number of aromatic nitrogens is 2. The van der Waals surface area contributed by atoms with Crippen LogP contribution in [0.5, 0.6) is 0 Å². The number of rotatable bonds is 1. The van der Waals surface area contributed by atoms with E-state index in [1.54, 1.807) is 4.40 Å². The van der Waals surface area contributed by atoms with E-state index in [9.17, 15) is 4.79 Å². The van der Waals surface area contributed by atoms with E-state index >= 15 is 0 Å². The summed E-state index contributed by atoms with van der Waals surface area (Å²) in [5.74, 6) is 0. The molecule has 0 fully saturated rings. The molecule has 0 N–H and O–H groups in total. The van der Waals surface area contributed by atoms with Crippen LogP contribution in [0.15, 0.2) is 45.7 Å². The summed E-state index contributed by atoms with van der Waals surface area (Å²) in [6, 6.07) is 11.9. The van der Waals surface area contributed by atoms with Crippen molar-refractivity contribution in [1.82, 2.24) is 9.38 Å². The molecule has 0 radical (unpaired) electrons. The highest BCUT2D eigenvalue weighted by molar-refractivity contribution is 9.10. The quantitative estimate of drug-likeness (QED) is 0.499. The SMILES string of the molecule is Cc1ccc2c(nc3s/c(=C\c4ccc(Br)cc4)c(=O)n32)c1C. The van der Waals surface area contributed by atoms with Gasteiger partial charge in [0.2, 0.25) is 0 Å². The topological polar surface area (TPSA) is 34.4 Å². The van der Waals surface area contributed by atoms with Crippen LogP contribution < -0.4 is 10.1 Å². The fourth-order valence-corrected chi connectivity index (χ4v) is 3.92. The smallest absolute Gasteiger partial charge is 0.267 e. The van der Waals surface area contributed by atoms with E-state index in [1.807, 2.05) is 49.4 Å². The van der Waals surface area contributed by atoms with Crippen LogP contribution in [0.25, 0.3) is 22.1 Å². The second kappa shape index (κ2) is 5.28. The number of hydrogen-bond donors (Lipinski definition) is 0. The van der Waals surface area contributed by atoms with Crippen molar-refractivity contribution in [1.29, 1.82) is 0 Å². The van der Waals surface area contributed by atoms with E-state index in [0.717, 1.165) is 31.6 Å². The lowest BCUT2D eigenvalue weighted by Gasteiger charge is -1.99. The third-order valence-corrected chi connectivity index (χ3v) is 5.60. The number of thiazole rings is 1. The van der Waals surface area contributed by atoms with E-state index in [0.29, 0.717) is 4.53 Å². The molecule has 5 heteroatoms. The Hall–Kier alpha value is -1.98. The second-order valence-electron chi connectivity index (χ2n) is 5.57. The highest BCUT2D eigenvalue weighted by atomic mass is 79.9. The van der Waals surface area contributed by atoms with Crippen LogP contribution in [0.2, 0.25) is 0 Å². The van der Waals surface area contributed by atoms with Gasteiger partial charge in [-0.15, -0.1) is 0 Å². The van der Waals surface area contributed by atoms with Crippen molar-refractivity contribution in [3.05, 3.63) is 72.4 Å². The molecule has 4 rings (SSSR count). The summed E-state index contributed by atoms with van der Waals surface area (Å²) in [6.07, 6.45) is 1.92. The average Bonchev–Trinajstić information content (AvgIpc) is 3.04. The predicted molar refractivity (Wildman–Crippen MR) is 99.2 cm³/mol. The summed E-state index contributed by atoms with van der Waals surface area (Å²) in [5, 5.41) is 0. The molecular weight excluding hydrogens is 372 g/mol. The molecule has 0 saturated heterocycles. The van der Waals surface area contributed by atoms with Crippen molar-refractivity contribution in [2.45, 2.75) is 13.8 Å². The number of fused-ring (bicyclic) bond motifs is 3. The van der Waals surface area contributed by atoms with Gasteiger partial charge < -0.3 is 0 Å². The van der Waals surface area contributed by atoms with Gasteiger partial charge in [-0.2, -0.15) is 0 Å². The van der Waals surface area contributed by atoms with Gasteiger partial charge in [-0.3, -0.25) is 4.79 Å². The number of aryl methyl sites for hydroxylation is 2. The number of hydrogen-bond acceptors (Lipinski definition) is 3. The number of nitrogens with zero attached hydrogens (tertiary/aromatic N) is 2. The Bertz CT molecular complexity index is 1160. The standard InChI is InChI=1S/C18H13BrN2OS/c1-10-3-8-14-16(11(10)2)20-18-21(14)17(22)15(23-18)9-12-4-6-13(19)7-5-12/h3-9H,1-2H3/b15-9-. The third-order valence-electron chi connectivity index (χ3n) is 4.10. The summed E-state index contributed by atoms with van der Waals surface area (Å²) >= 11 is 4.86. The van der Waals surface area contributed by atoms with Crippen LogP contribution in [0, 0.1) is 13.8 Å². The van der Waals surface area contributed by atoms with E-state index in [1.165, 1.54) is 16.9 Å². The largest absolute Gasteiger partial charge is 0.274 e. The van der Waals surface area contributed by atoms with Crippen molar-refractivity contribution in [3.8, 4) is 0 Å². The zero-order chi connectivity index (χ0) is 16.1. The van der Waals surface area contributed by atoms with Gasteiger partial charge in [0, 0.05) is 4.47 Å². The minimum absolute atomic E-state index is 0.00123. The normalized spacial score (nSPS) is 12.6. The van der Waals surface area contributed by atoms with Crippen LogP contribution >= 0.6 is 27.3 Å². The first-order valence-electron chi connectivity index (χ1n) is 7.23. The number of benzene rings is 2. The lowest BCUT2D eigenvalue weighted by Crippen LogP contribution is -2.22. The van der Waals surface area contributed by atoms with Crippen molar-refractivity contribution >= 4 is 49.3 Å². The first-order chi connectivity index (χ1) is 11.0. The zero-order valence-corrected chi connectivity index (χ0v) is 15.0. The Morgan fingerprint density at radius 2 is 1.87 bits per heavy atom. The zero-order valence-electron chi connectivity index (χ0n) is 12.6. The van der Waals surface area contributed by atoms with E-state index in [-0.39, 0.29) is 5.56 Å². The van der Waals surface area contributed by atoms with Gasteiger partial charge in [-0.1, -0.05) is 45.5 Å². The summed E-state index contributed by atoms with van der Waals surface area (Å²) in [5.41, 5.74) is 5.14. The Balaban J connectivity index is 2.01. The summed E-state index contributed by atoms with van der Waals surface area (Å²) in [7, 11) is 0. The molecular formula is C18H13BrN2OS. The van der Waals surface area contributed by atoms with Crippen molar-refractivity contribution in [2.24, 2.45) is 0 Å². The molecule has 0 saturated carbocycles. The lowest BCUT2D eigenvalue weighted by molar-refractivity contribution is 1.19. The van der Waals surface area contributed by atoms with Crippen molar-refractivity contribution < 1.29 is 0 Å². The lowest BCUT2D eigenvalue weighted by atomic mass is 10.1. The third kappa shape index (κ3) is 2.31. The Morgan fingerprint density at radius 3 is 2.61 bits per heavy atom. The van der Waals surface area contributed by atoms with Gasteiger partial charge in [0.1, 0.15) is 0 Å². The molecule has 0 amide bonds. The molecule has 0 unspecified atom stereocenters. The monoisotopic (exact) mass is 384 g/mol. The predicted octanol–water partition coefficient (Wildman–Crippen LogP) is 3.84. The maximum absolute atomic E-state index is 12.8. The Kier molecular flexibility index (Phi) is 3.36. The van der Waals surface area contributed by atoms with E-state index in [4.69, 9.17) is 0 Å². The minimum atomic E-state index is -0.00123. The molecule has 2 heterocycles. The molecule has 0 spiro atoms. The first kappa shape index (κ1) is 14.6. The summed E-state index contributed by atoms with van der Waals surface area (Å²) in [4.78, 5) is 18.2. The molecule has 114 valence electrons. The maximum Gasteiger partial charge on any atom is 0.274 e. The van der Waals surface area contributed by atoms with E-state index < -0.39 is 0 Å². The summed E-state index contributed by atoms with van der Waals surface area (Å²) in [6.45, 7) is 4.11. The van der Waals surface area contributed by atoms with Crippen LogP contribution in [0.4, 0.5) is 0 Å². The molecule has 3 nitrogen and oxygen atoms in total. The molecule has 0 aliphatic rings. The summed E-state index contributed by atoms with van der Waals surface area (Å²) < 4.78 is 3.45. The number of imidazole rings is 1. The molecule has 0 bridgehead atoms. The molecule has 0 aliphatic heterocycles. The molecule has 2 aromatic heterocycles. The molecule has 23 heavy (non-hydrogen) atoms. The molecule has 2 aromatic carbocycles. The van der Waals surface area contributed by atoms with Gasteiger partial charge in [0.15, 0.2) is 4.96 Å². The van der Waals surface area contributed by atoms with Gasteiger partial charge in [0.25, 0.3) is 5.56 Å². The van der Waals surface area contributed by atoms with Crippen LogP contribution in [-0.4, -0.2) is 9.38 Å². The minimum Gasteiger partial charge on any atom is -0.267 e. The Labute approximate surface area is 145 Å². The molecule has 0 aliphatic carbocycles. The highest BCUT2D eigenvalue weighted by Crippen LogP contribution is 2.22.